The molecular formula is C22H25FN4O3. The van der Waals surface area contributed by atoms with Crippen molar-refractivity contribution in [3.05, 3.63) is 60.4 Å². The van der Waals surface area contributed by atoms with Gasteiger partial charge in [-0.05, 0) is 43.2 Å². The van der Waals surface area contributed by atoms with Gasteiger partial charge in [0, 0.05) is 31.5 Å². The number of nitrogens with one attached hydrogen (secondary N) is 2. The highest BCUT2D eigenvalue weighted by molar-refractivity contribution is 5.95. The molecule has 30 heavy (non-hydrogen) atoms. The number of likely N-dealkylation sites (tertiary alicyclic amines) is 1. The molecule has 0 bridgehead atoms. The Morgan fingerprint density at radius 2 is 1.80 bits per heavy atom. The third kappa shape index (κ3) is 5.79. The Hall–Kier alpha value is -3.42. The lowest BCUT2D eigenvalue weighted by atomic mass is 9.97. The van der Waals surface area contributed by atoms with Crippen LogP contribution in [0, 0.1) is 11.7 Å². The topological polar surface area (TPSA) is 81.8 Å². The molecule has 4 amide bonds. The average molecular weight is 412 g/mol. The van der Waals surface area contributed by atoms with Crippen LogP contribution < -0.4 is 10.6 Å². The number of amides is 4. The largest absolute Gasteiger partial charge is 0.336 e. The third-order valence-corrected chi connectivity index (χ3v) is 4.95. The second-order valence-corrected chi connectivity index (χ2v) is 7.33. The Labute approximate surface area is 174 Å². The van der Waals surface area contributed by atoms with Crippen molar-refractivity contribution in [1.29, 1.82) is 0 Å². The number of rotatable bonds is 5. The summed E-state index contributed by atoms with van der Waals surface area (Å²) in [7, 11) is 1.55. The lowest BCUT2D eigenvalue weighted by molar-refractivity contribution is -0.138. The molecule has 2 aromatic rings. The highest BCUT2D eigenvalue weighted by Gasteiger charge is 2.30. The molecule has 0 radical (unpaired) electrons. The molecule has 0 aliphatic carbocycles. The molecule has 1 saturated heterocycles. The van der Waals surface area contributed by atoms with E-state index >= 15 is 0 Å². The Morgan fingerprint density at radius 1 is 1.07 bits per heavy atom. The van der Waals surface area contributed by atoms with Crippen molar-refractivity contribution in [1.82, 2.24) is 9.80 Å². The van der Waals surface area contributed by atoms with Gasteiger partial charge in [0.2, 0.25) is 11.8 Å². The summed E-state index contributed by atoms with van der Waals surface area (Å²) in [4.78, 5) is 40.5. The number of nitrogens with zero attached hydrogens (tertiary/aromatic N) is 2. The van der Waals surface area contributed by atoms with Crippen molar-refractivity contribution in [3.63, 3.8) is 0 Å². The van der Waals surface area contributed by atoms with Crippen LogP contribution in [0.1, 0.15) is 12.8 Å². The first-order valence-corrected chi connectivity index (χ1v) is 9.84. The number of hydrogen-bond acceptors (Lipinski definition) is 3. The third-order valence-electron chi connectivity index (χ3n) is 4.95. The quantitative estimate of drug-likeness (QED) is 0.792. The van der Waals surface area contributed by atoms with Crippen LogP contribution in [0.2, 0.25) is 0 Å². The number of carbonyl (C=O) groups is 3. The van der Waals surface area contributed by atoms with Crippen LogP contribution in [-0.2, 0) is 9.59 Å². The van der Waals surface area contributed by atoms with Gasteiger partial charge in [-0.3, -0.25) is 9.59 Å². The summed E-state index contributed by atoms with van der Waals surface area (Å²) < 4.78 is 13.2. The van der Waals surface area contributed by atoms with Crippen molar-refractivity contribution in [2.75, 3.05) is 37.3 Å². The molecular weight excluding hydrogens is 387 g/mol. The van der Waals surface area contributed by atoms with E-state index in [1.54, 1.807) is 30.1 Å². The molecule has 3 rings (SSSR count). The fraction of sp³-hybridized carbons (Fsp3) is 0.318. The first kappa shape index (κ1) is 21.3. The van der Waals surface area contributed by atoms with E-state index in [9.17, 15) is 18.8 Å². The molecule has 2 aromatic carbocycles. The normalized spacial score (nSPS) is 15.9. The van der Waals surface area contributed by atoms with Gasteiger partial charge in [0.25, 0.3) is 0 Å². The van der Waals surface area contributed by atoms with Crippen LogP contribution in [0.15, 0.2) is 54.6 Å². The monoisotopic (exact) mass is 412 g/mol. The Balaban J connectivity index is 1.52. The van der Waals surface area contributed by atoms with Crippen molar-refractivity contribution < 1.29 is 18.8 Å². The summed E-state index contributed by atoms with van der Waals surface area (Å²) in [5.74, 6) is -1.42. The van der Waals surface area contributed by atoms with Crippen LogP contribution in [0.5, 0.6) is 0 Å². The number of halogens is 1. The van der Waals surface area contributed by atoms with E-state index in [4.69, 9.17) is 0 Å². The SMILES string of the molecule is CN(CC(=O)Nc1cccc(F)c1)C(=O)[C@@H]1CCCN(C(=O)Nc2ccccc2)C1. The van der Waals surface area contributed by atoms with Crippen molar-refractivity contribution in [3.8, 4) is 0 Å². The van der Waals surface area contributed by atoms with Gasteiger partial charge in [-0.15, -0.1) is 0 Å². The number of urea groups is 1. The molecule has 8 heteroatoms. The number of carbonyl (C=O) groups excluding carboxylic acids is 3. The molecule has 1 aliphatic heterocycles. The van der Waals surface area contributed by atoms with Gasteiger partial charge < -0.3 is 20.4 Å². The summed E-state index contributed by atoms with van der Waals surface area (Å²) >= 11 is 0. The Morgan fingerprint density at radius 3 is 2.53 bits per heavy atom. The minimum Gasteiger partial charge on any atom is -0.336 e. The van der Waals surface area contributed by atoms with E-state index in [1.807, 2.05) is 18.2 Å². The van der Waals surface area contributed by atoms with Gasteiger partial charge in [-0.2, -0.15) is 0 Å². The number of benzene rings is 2. The predicted molar refractivity (Wildman–Crippen MR) is 112 cm³/mol. The van der Waals surface area contributed by atoms with Gasteiger partial charge >= 0.3 is 6.03 Å². The Kier molecular flexibility index (Phi) is 7.00. The summed E-state index contributed by atoms with van der Waals surface area (Å²) in [5, 5.41) is 5.41. The average Bonchev–Trinajstić information content (AvgIpc) is 2.74. The summed E-state index contributed by atoms with van der Waals surface area (Å²) in [6.45, 7) is 0.724. The molecule has 1 aliphatic rings. The van der Waals surface area contributed by atoms with Gasteiger partial charge in [-0.25, -0.2) is 9.18 Å². The van der Waals surface area contributed by atoms with Crippen LogP contribution in [0.4, 0.5) is 20.6 Å². The van der Waals surface area contributed by atoms with Crippen molar-refractivity contribution in [2.45, 2.75) is 12.8 Å². The smallest absolute Gasteiger partial charge is 0.321 e. The zero-order valence-corrected chi connectivity index (χ0v) is 16.8. The minimum atomic E-state index is -0.451. The predicted octanol–water partition coefficient (Wildman–Crippen LogP) is 3.17. The Bertz CT molecular complexity index is 906. The molecule has 0 spiro atoms. The number of para-hydroxylation sites is 1. The number of likely N-dealkylation sites (N-methyl/N-ethyl adjacent to an activating group) is 1. The maximum absolute atomic E-state index is 13.2. The minimum absolute atomic E-state index is 0.151. The van der Waals surface area contributed by atoms with Gasteiger partial charge in [0.15, 0.2) is 0 Å². The lowest BCUT2D eigenvalue weighted by Crippen LogP contribution is -2.48. The standard InChI is InChI=1S/C22H25FN4O3/c1-26(15-20(28)24-19-11-5-8-17(23)13-19)21(29)16-7-6-12-27(14-16)22(30)25-18-9-3-2-4-10-18/h2-5,8-11,13,16H,6-7,12,14-15H2,1H3,(H,24,28)(H,25,30)/t16-/m1/s1. The van der Waals surface area contributed by atoms with Crippen molar-refractivity contribution >= 4 is 29.2 Å². The van der Waals surface area contributed by atoms with E-state index in [-0.39, 0.29) is 24.4 Å². The van der Waals surface area contributed by atoms with E-state index in [2.05, 4.69) is 10.6 Å². The molecule has 0 aromatic heterocycles. The number of piperidine rings is 1. The maximum atomic E-state index is 13.2. The van der Waals surface area contributed by atoms with Gasteiger partial charge in [0.1, 0.15) is 5.82 Å². The fourth-order valence-electron chi connectivity index (χ4n) is 3.46. The number of anilines is 2. The van der Waals surface area contributed by atoms with Crippen LogP contribution in [0.25, 0.3) is 0 Å². The van der Waals surface area contributed by atoms with Crippen LogP contribution >= 0.6 is 0 Å². The van der Waals surface area contributed by atoms with Crippen molar-refractivity contribution in [2.24, 2.45) is 5.92 Å². The van der Waals surface area contributed by atoms with Crippen LogP contribution in [0.3, 0.4) is 0 Å². The van der Waals surface area contributed by atoms with Gasteiger partial charge in [-0.1, -0.05) is 24.3 Å². The van der Waals surface area contributed by atoms with E-state index in [0.717, 1.165) is 0 Å². The molecule has 1 atom stereocenters. The highest BCUT2D eigenvalue weighted by atomic mass is 19.1. The molecule has 1 heterocycles. The summed E-state index contributed by atoms with van der Waals surface area (Å²) in [6, 6.07) is 14.5. The lowest BCUT2D eigenvalue weighted by Gasteiger charge is -2.33. The molecule has 158 valence electrons. The zero-order chi connectivity index (χ0) is 21.5. The second-order valence-electron chi connectivity index (χ2n) is 7.33. The molecule has 0 unspecified atom stereocenters. The van der Waals surface area contributed by atoms with E-state index in [0.29, 0.717) is 37.3 Å². The molecule has 1 fully saturated rings. The highest BCUT2D eigenvalue weighted by Crippen LogP contribution is 2.20. The second kappa shape index (κ2) is 9.87. The first-order chi connectivity index (χ1) is 14.4. The summed E-state index contributed by atoms with van der Waals surface area (Å²) in [6.07, 6.45) is 1.37. The summed E-state index contributed by atoms with van der Waals surface area (Å²) in [5.41, 5.74) is 1.03. The molecule has 0 saturated carbocycles. The first-order valence-electron chi connectivity index (χ1n) is 9.84. The molecule has 7 nitrogen and oxygen atoms in total. The van der Waals surface area contributed by atoms with Gasteiger partial charge in [0.05, 0.1) is 12.5 Å². The van der Waals surface area contributed by atoms with E-state index in [1.165, 1.54) is 23.1 Å². The number of hydrogen-bond donors (Lipinski definition) is 2. The zero-order valence-electron chi connectivity index (χ0n) is 16.8. The fourth-order valence-corrected chi connectivity index (χ4v) is 3.46. The molecule has 2 N–H and O–H groups in total. The van der Waals surface area contributed by atoms with E-state index < -0.39 is 11.7 Å². The van der Waals surface area contributed by atoms with Crippen LogP contribution in [-0.4, -0.2) is 54.3 Å². The maximum Gasteiger partial charge on any atom is 0.321 e.